The topological polar surface area (TPSA) is 46.9 Å². The van der Waals surface area contributed by atoms with Gasteiger partial charge in [0.1, 0.15) is 11.6 Å². The summed E-state index contributed by atoms with van der Waals surface area (Å²) < 4.78 is 15.9. The fraction of sp³-hybridized carbons (Fsp3) is 0.429. The monoisotopic (exact) mass is 375 g/mol. The second kappa shape index (κ2) is 7.22. The molecule has 2 aromatic rings. The number of amides is 1. The first kappa shape index (κ1) is 16.2. The highest BCUT2D eigenvalue weighted by atomic mass is 79.9. The second-order valence-electron chi connectivity index (χ2n) is 4.67. The zero-order chi connectivity index (χ0) is 15.4. The van der Waals surface area contributed by atoms with Crippen LogP contribution in [-0.2, 0) is 17.2 Å². The predicted octanol–water partition coefficient (Wildman–Crippen LogP) is 3.59. The van der Waals surface area contributed by atoms with E-state index >= 15 is 0 Å². The standard InChI is InChI=1S/C14H16BrClFN3O/c1-2-4-18-14(21)3-5-20-12-7-10(17)9(15)6-11(12)19-13(20)8-16/h6-7H,2-5,8H2,1H3,(H,18,21). The number of aromatic nitrogens is 2. The maximum atomic E-state index is 13.7. The molecule has 4 nitrogen and oxygen atoms in total. The van der Waals surface area contributed by atoms with Crippen molar-refractivity contribution in [3.63, 3.8) is 0 Å². The molecule has 0 saturated carbocycles. The Morgan fingerprint density at radius 3 is 2.95 bits per heavy atom. The molecule has 0 aliphatic heterocycles. The number of alkyl halides is 1. The lowest BCUT2D eigenvalue weighted by Crippen LogP contribution is -2.25. The van der Waals surface area contributed by atoms with Gasteiger partial charge in [0.25, 0.3) is 0 Å². The van der Waals surface area contributed by atoms with E-state index in [1.54, 1.807) is 10.6 Å². The number of aryl methyl sites for hydroxylation is 1. The van der Waals surface area contributed by atoms with Crippen LogP contribution in [0, 0.1) is 5.82 Å². The summed E-state index contributed by atoms with van der Waals surface area (Å²) in [5, 5.41) is 2.81. The molecule has 0 atom stereocenters. The Kier molecular flexibility index (Phi) is 5.58. The maximum Gasteiger partial charge on any atom is 0.221 e. The lowest BCUT2D eigenvalue weighted by molar-refractivity contribution is -0.121. The van der Waals surface area contributed by atoms with E-state index in [0.29, 0.717) is 40.8 Å². The second-order valence-corrected chi connectivity index (χ2v) is 5.79. The molecular weight excluding hydrogens is 361 g/mol. The van der Waals surface area contributed by atoms with Crippen LogP contribution < -0.4 is 5.32 Å². The number of hydrogen-bond acceptors (Lipinski definition) is 2. The fourth-order valence-electron chi connectivity index (χ4n) is 2.09. The highest BCUT2D eigenvalue weighted by Gasteiger charge is 2.14. The normalized spacial score (nSPS) is 11.0. The van der Waals surface area contributed by atoms with Crippen molar-refractivity contribution in [3.8, 4) is 0 Å². The Hall–Kier alpha value is -1.14. The minimum Gasteiger partial charge on any atom is -0.356 e. The van der Waals surface area contributed by atoms with Crippen LogP contribution in [-0.4, -0.2) is 22.0 Å². The van der Waals surface area contributed by atoms with Crippen molar-refractivity contribution in [2.45, 2.75) is 32.2 Å². The third kappa shape index (κ3) is 3.74. The molecule has 21 heavy (non-hydrogen) atoms. The molecule has 1 heterocycles. The minimum atomic E-state index is -0.361. The van der Waals surface area contributed by atoms with Crippen molar-refractivity contribution in [2.75, 3.05) is 6.54 Å². The predicted molar refractivity (Wildman–Crippen MR) is 84.9 cm³/mol. The van der Waals surface area contributed by atoms with Crippen LogP contribution in [0.5, 0.6) is 0 Å². The van der Waals surface area contributed by atoms with Crippen molar-refractivity contribution in [3.05, 3.63) is 28.2 Å². The average Bonchev–Trinajstić information content (AvgIpc) is 2.80. The lowest BCUT2D eigenvalue weighted by atomic mass is 10.3. The van der Waals surface area contributed by atoms with Crippen LogP contribution in [0.4, 0.5) is 4.39 Å². The zero-order valence-electron chi connectivity index (χ0n) is 11.6. The number of fused-ring (bicyclic) bond motifs is 1. The Labute approximate surface area is 135 Å². The van der Waals surface area contributed by atoms with Gasteiger partial charge in [-0.25, -0.2) is 9.37 Å². The quantitative estimate of drug-likeness (QED) is 0.783. The molecule has 0 aliphatic rings. The first-order chi connectivity index (χ1) is 10.1. The van der Waals surface area contributed by atoms with Gasteiger partial charge >= 0.3 is 0 Å². The van der Waals surface area contributed by atoms with Crippen molar-refractivity contribution in [1.82, 2.24) is 14.9 Å². The summed E-state index contributed by atoms with van der Waals surface area (Å²) in [5.41, 5.74) is 1.31. The Morgan fingerprint density at radius 1 is 1.52 bits per heavy atom. The first-order valence-corrected chi connectivity index (χ1v) is 8.06. The summed E-state index contributed by atoms with van der Waals surface area (Å²) in [5.74, 6) is 0.453. The van der Waals surface area contributed by atoms with E-state index in [9.17, 15) is 9.18 Å². The molecule has 1 amide bonds. The molecule has 0 saturated heterocycles. The van der Waals surface area contributed by atoms with Crippen molar-refractivity contribution in [1.29, 1.82) is 0 Å². The number of hydrogen-bond donors (Lipinski definition) is 1. The maximum absolute atomic E-state index is 13.7. The van der Waals surface area contributed by atoms with Gasteiger partial charge in [-0.2, -0.15) is 0 Å². The smallest absolute Gasteiger partial charge is 0.221 e. The number of benzene rings is 1. The number of imidazole rings is 1. The Bertz CT molecular complexity index is 659. The Morgan fingerprint density at radius 2 is 2.29 bits per heavy atom. The molecule has 0 fully saturated rings. The number of carbonyl (C=O) groups excluding carboxylic acids is 1. The molecule has 0 radical (unpaired) electrons. The first-order valence-electron chi connectivity index (χ1n) is 6.73. The van der Waals surface area contributed by atoms with Gasteiger partial charge in [0.05, 0.1) is 21.4 Å². The van der Waals surface area contributed by atoms with E-state index < -0.39 is 0 Å². The van der Waals surface area contributed by atoms with Gasteiger partial charge < -0.3 is 9.88 Å². The molecule has 7 heteroatoms. The van der Waals surface area contributed by atoms with Crippen molar-refractivity contribution < 1.29 is 9.18 Å². The summed E-state index contributed by atoms with van der Waals surface area (Å²) in [6, 6.07) is 3.03. The van der Waals surface area contributed by atoms with E-state index in [1.807, 2.05) is 6.92 Å². The largest absolute Gasteiger partial charge is 0.356 e. The molecule has 1 aromatic heterocycles. The van der Waals surface area contributed by atoms with Gasteiger partial charge in [-0.3, -0.25) is 4.79 Å². The molecule has 1 N–H and O–H groups in total. The van der Waals surface area contributed by atoms with E-state index in [1.165, 1.54) is 6.07 Å². The molecular formula is C14H16BrClFN3O. The van der Waals surface area contributed by atoms with E-state index in [0.717, 1.165) is 6.42 Å². The highest BCUT2D eigenvalue weighted by Crippen LogP contribution is 2.25. The van der Waals surface area contributed by atoms with Crippen molar-refractivity contribution >= 4 is 44.5 Å². The lowest BCUT2D eigenvalue weighted by Gasteiger charge is -2.08. The average molecular weight is 377 g/mol. The van der Waals surface area contributed by atoms with Gasteiger partial charge in [-0.15, -0.1) is 11.6 Å². The number of rotatable bonds is 6. The summed E-state index contributed by atoms with van der Waals surface area (Å²) in [4.78, 5) is 16.1. The van der Waals surface area contributed by atoms with Crippen LogP contribution in [0.1, 0.15) is 25.6 Å². The SMILES string of the molecule is CCCNC(=O)CCn1c(CCl)nc2cc(Br)c(F)cc21. The van der Waals surface area contributed by atoms with Crippen LogP contribution in [0.2, 0.25) is 0 Å². The van der Waals surface area contributed by atoms with Crippen LogP contribution in [0.3, 0.4) is 0 Å². The molecule has 2 rings (SSSR count). The minimum absolute atomic E-state index is 0.0307. The van der Waals surface area contributed by atoms with Crippen LogP contribution in [0.15, 0.2) is 16.6 Å². The zero-order valence-corrected chi connectivity index (χ0v) is 14.0. The van der Waals surface area contributed by atoms with E-state index in [2.05, 4.69) is 26.2 Å². The molecule has 0 spiro atoms. The highest BCUT2D eigenvalue weighted by molar-refractivity contribution is 9.10. The third-order valence-electron chi connectivity index (χ3n) is 3.12. The number of halogens is 3. The molecule has 0 bridgehead atoms. The number of nitrogens with zero attached hydrogens (tertiary/aromatic N) is 2. The number of nitrogens with one attached hydrogen (secondary N) is 1. The van der Waals surface area contributed by atoms with Gasteiger partial charge in [0, 0.05) is 25.6 Å². The summed E-state index contributed by atoms with van der Waals surface area (Å²) in [6.45, 7) is 3.08. The molecule has 1 aromatic carbocycles. The Balaban J connectivity index is 2.25. The molecule has 0 aliphatic carbocycles. The summed E-state index contributed by atoms with van der Waals surface area (Å²) in [6.07, 6.45) is 1.21. The van der Waals surface area contributed by atoms with Gasteiger partial charge in [-0.05, 0) is 28.4 Å². The number of carbonyl (C=O) groups is 1. The van der Waals surface area contributed by atoms with Gasteiger partial charge in [0.2, 0.25) is 5.91 Å². The molecule has 114 valence electrons. The van der Waals surface area contributed by atoms with Crippen LogP contribution in [0.25, 0.3) is 11.0 Å². The van der Waals surface area contributed by atoms with Crippen LogP contribution >= 0.6 is 27.5 Å². The van der Waals surface area contributed by atoms with Crippen molar-refractivity contribution in [2.24, 2.45) is 0 Å². The molecule has 0 unspecified atom stereocenters. The third-order valence-corrected chi connectivity index (χ3v) is 3.97. The van der Waals surface area contributed by atoms with E-state index in [4.69, 9.17) is 11.6 Å². The summed E-state index contributed by atoms with van der Waals surface area (Å²) >= 11 is 9.03. The van der Waals surface area contributed by atoms with E-state index in [-0.39, 0.29) is 17.6 Å². The fourth-order valence-corrected chi connectivity index (χ4v) is 2.62. The van der Waals surface area contributed by atoms with Gasteiger partial charge in [0.15, 0.2) is 0 Å². The van der Waals surface area contributed by atoms with Gasteiger partial charge in [-0.1, -0.05) is 6.92 Å². The summed E-state index contributed by atoms with van der Waals surface area (Å²) in [7, 11) is 0.